The molecule has 0 amide bonds. The number of benzene rings is 1. The molecule has 0 aliphatic rings. The first-order valence-electron chi connectivity index (χ1n) is 4.46. The van der Waals surface area contributed by atoms with Gasteiger partial charge in [0.15, 0.2) is 0 Å². The SMILES string of the molecule is COC(=O)C(N)Cc1cc(Br)c(Br)cc1O. The molecular weight excluding hydrogens is 342 g/mol. The summed E-state index contributed by atoms with van der Waals surface area (Å²) in [6.07, 6.45) is 0.227. The number of rotatable bonds is 3. The van der Waals surface area contributed by atoms with Crippen molar-refractivity contribution in [2.24, 2.45) is 5.73 Å². The molecule has 0 aliphatic heterocycles. The molecule has 88 valence electrons. The highest BCUT2D eigenvalue weighted by molar-refractivity contribution is 9.13. The fourth-order valence-electron chi connectivity index (χ4n) is 1.21. The number of carbonyl (C=O) groups excluding carboxylic acids is 1. The lowest BCUT2D eigenvalue weighted by Crippen LogP contribution is -2.33. The molecule has 0 fully saturated rings. The minimum absolute atomic E-state index is 0.0921. The minimum Gasteiger partial charge on any atom is -0.508 e. The second-order valence-electron chi connectivity index (χ2n) is 3.23. The third-order valence-corrected chi connectivity index (χ3v) is 3.91. The summed E-state index contributed by atoms with van der Waals surface area (Å²) in [7, 11) is 1.28. The Hall–Kier alpha value is -0.590. The van der Waals surface area contributed by atoms with Crippen molar-refractivity contribution in [2.75, 3.05) is 7.11 Å². The third kappa shape index (κ3) is 3.20. The number of halogens is 2. The predicted octanol–water partition coefficient (Wildman–Crippen LogP) is 1.96. The molecule has 1 atom stereocenters. The number of ether oxygens (including phenoxy) is 1. The Labute approximate surface area is 110 Å². The quantitative estimate of drug-likeness (QED) is 0.815. The van der Waals surface area contributed by atoms with Crippen molar-refractivity contribution in [3.8, 4) is 5.75 Å². The van der Waals surface area contributed by atoms with Crippen molar-refractivity contribution >= 4 is 37.8 Å². The zero-order valence-electron chi connectivity index (χ0n) is 8.54. The Morgan fingerprint density at radius 2 is 2.06 bits per heavy atom. The van der Waals surface area contributed by atoms with Crippen LogP contribution in [0.25, 0.3) is 0 Å². The first kappa shape index (κ1) is 13.5. The van der Waals surface area contributed by atoms with Crippen LogP contribution < -0.4 is 5.73 Å². The molecular formula is C10H11Br2NO3. The predicted molar refractivity (Wildman–Crippen MR) is 67.2 cm³/mol. The smallest absolute Gasteiger partial charge is 0.322 e. The van der Waals surface area contributed by atoms with Gasteiger partial charge in [-0.25, -0.2) is 0 Å². The first-order valence-corrected chi connectivity index (χ1v) is 6.04. The fraction of sp³-hybridized carbons (Fsp3) is 0.300. The van der Waals surface area contributed by atoms with Gasteiger partial charge in [-0.2, -0.15) is 0 Å². The standard InChI is InChI=1S/C10H11Br2NO3/c1-16-10(15)8(13)3-5-2-6(11)7(12)4-9(5)14/h2,4,8,14H,3,13H2,1H3. The second-order valence-corrected chi connectivity index (χ2v) is 4.94. The maximum absolute atomic E-state index is 11.1. The molecule has 1 rings (SSSR count). The average molecular weight is 353 g/mol. The molecule has 1 aromatic carbocycles. The van der Waals surface area contributed by atoms with E-state index in [0.717, 1.165) is 8.95 Å². The third-order valence-electron chi connectivity index (χ3n) is 2.07. The van der Waals surface area contributed by atoms with Crippen LogP contribution >= 0.6 is 31.9 Å². The highest BCUT2D eigenvalue weighted by atomic mass is 79.9. The molecule has 0 aliphatic carbocycles. The monoisotopic (exact) mass is 351 g/mol. The zero-order chi connectivity index (χ0) is 12.3. The summed E-state index contributed by atoms with van der Waals surface area (Å²) in [6.45, 7) is 0. The van der Waals surface area contributed by atoms with Crippen molar-refractivity contribution in [1.82, 2.24) is 0 Å². The highest BCUT2D eigenvalue weighted by Crippen LogP contribution is 2.31. The fourth-order valence-corrected chi connectivity index (χ4v) is 1.93. The summed E-state index contributed by atoms with van der Waals surface area (Å²) in [5, 5.41) is 9.66. The molecule has 3 N–H and O–H groups in total. The Morgan fingerprint density at radius 3 is 2.62 bits per heavy atom. The molecule has 0 aromatic heterocycles. The van der Waals surface area contributed by atoms with Crippen molar-refractivity contribution in [3.05, 3.63) is 26.6 Å². The van der Waals surface area contributed by atoms with Gasteiger partial charge in [-0.3, -0.25) is 4.79 Å². The van der Waals surface area contributed by atoms with Gasteiger partial charge < -0.3 is 15.6 Å². The summed E-state index contributed by atoms with van der Waals surface area (Å²) in [6, 6.07) is 2.48. The van der Waals surface area contributed by atoms with Gasteiger partial charge in [0.1, 0.15) is 11.8 Å². The van der Waals surface area contributed by atoms with Gasteiger partial charge in [-0.1, -0.05) is 0 Å². The number of phenols is 1. The van der Waals surface area contributed by atoms with Crippen LogP contribution in [0.2, 0.25) is 0 Å². The number of esters is 1. The summed E-state index contributed by atoms with van der Waals surface area (Å²) < 4.78 is 6.04. The molecule has 16 heavy (non-hydrogen) atoms. The van der Waals surface area contributed by atoms with E-state index in [-0.39, 0.29) is 12.2 Å². The van der Waals surface area contributed by atoms with Crippen LogP contribution in [0, 0.1) is 0 Å². The van der Waals surface area contributed by atoms with Gasteiger partial charge in [0.05, 0.1) is 7.11 Å². The number of phenolic OH excluding ortho intramolecular Hbond substituents is 1. The number of nitrogens with two attached hydrogens (primary N) is 1. The lowest BCUT2D eigenvalue weighted by molar-refractivity contribution is -0.142. The second kappa shape index (κ2) is 5.65. The Balaban J connectivity index is 2.89. The van der Waals surface area contributed by atoms with Crippen LogP contribution in [0.3, 0.4) is 0 Å². The van der Waals surface area contributed by atoms with Crippen molar-refractivity contribution < 1.29 is 14.6 Å². The van der Waals surface area contributed by atoms with E-state index >= 15 is 0 Å². The van der Waals surface area contributed by atoms with Crippen molar-refractivity contribution in [2.45, 2.75) is 12.5 Å². The molecule has 4 nitrogen and oxygen atoms in total. The molecule has 0 saturated heterocycles. The maximum Gasteiger partial charge on any atom is 0.322 e. The van der Waals surface area contributed by atoms with Crippen LogP contribution in [-0.2, 0) is 16.0 Å². The van der Waals surface area contributed by atoms with Crippen molar-refractivity contribution in [1.29, 1.82) is 0 Å². The highest BCUT2D eigenvalue weighted by Gasteiger charge is 2.17. The Kier molecular flexibility index (Phi) is 4.76. The Bertz CT molecular complexity index is 409. The number of carbonyl (C=O) groups is 1. The van der Waals surface area contributed by atoms with E-state index < -0.39 is 12.0 Å². The van der Waals surface area contributed by atoms with Gasteiger partial charge in [0.25, 0.3) is 0 Å². The van der Waals surface area contributed by atoms with E-state index in [0.29, 0.717) is 5.56 Å². The lowest BCUT2D eigenvalue weighted by atomic mass is 10.1. The minimum atomic E-state index is -0.774. The summed E-state index contributed by atoms with van der Waals surface area (Å²) in [5.41, 5.74) is 6.19. The van der Waals surface area contributed by atoms with Crippen molar-refractivity contribution in [3.63, 3.8) is 0 Å². The molecule has 1 aromatic rings. The molecule has 0 spiro atoms. The molecule has 6 heteroatoms. The molecule has 0 radical (unpaired) electrons. The molecule has 0 bridgehead atoms. The number of hydrogen-bond acceptors (Lipinski definition) is 4. The normalized spacial score (nSPS) is 12.2. The van der Waals surface area contributed by atoms with Gasteiger partial charge in [0, 0.05) is 15.4 Å². The average Bonchev–Trinajstić information content (AvgIpc) is 2.24. The summed E-state index contributed by atoms with van der Waals surface area (Å²) >= 11 is 6.57. The number of hydrogen-bond donors (Lipinski definition) is 2. The largest absolute Gasteiger partial charge is 0.508 e. The van der Waals surface area contributed by atoms with Crippen LogP contribution in [0.1, 0.15) is 5.56 Å². The van der Waals surface area contributed by atoms with Gasteiger partial charge in [-0.05, 0) is 49.6 Å². The first-order chi connectivity index (χ1) is 7.45. The van der Waals surface area contributed by atoms with Crippen LogP contribution in [-0.4, -0.2) is 24.2 Å². The summed E-state index contributed by atoms with van der Waals surface area (Å²) in [4.78, 5) is 11.1. The number of methoxy groups -OCH3 is 1. The molecule has 0 saturated carbocycles. The zero-order valence-corrected chi connectivity index (χ0v) is 11.7. The number of aromatic hydroxyl groups is 1. The van der Waals surface area contributed by atoms with E-state index in [4.69, 9.17) is 5.73 Å². The molecule has 0 heterocycles. The Morgan fingerprint density at radius 1 is 1.50 bits per heavy atom. The van der Waals surface area contributed by atoms with E-state index in [1.165, 1.54) is 7.11 Å². The lowest BCUT2D eigenvalue weighted by Gasteiger charge is -2.11. The molecule has 1 unspecified atom stereocenters. The summed E-state index contributed by atoms with van der Waals surface area (Å²) in [5.74, 6) is -0.409. The van der Waals surface area contributed by atoms with E-state index in [1.807, 2.05) is 0 Å². The topological polar surface area (TPSA) is 72.5 Å². The van der Waals surface area contributed by atoms with Crippen LogP contribution in [0.4, 0.5) is 0 Å². The van der Waals surface area contributed by atoms with Crippen LogP contribution in [0.15, 0.2) is 21.1 Å². The van der Waals surface area contributed by atoms with Gasteiger partial charge >= 0.3 is 5.97 Å². The maximum atomic E-state index is 11.1. The van der Waals surface area contributed by atoms with Crippen LogP contribution in [0.5, 0.6) is 5.75 Å². The van der Waals surface area contributed by atoms with E-state index in [9.17, 15) is 9.90 Å². The van der Waals surface area contributed by atoms with E-state index in [1.54, 1.807) is 12.1 Å². The van der Waals surface area contributed by atoms with E-state index in [2.05, 4.69) is 36.6 Å². The van der Waals surface area contributed by atoms with Gasteiger partial charge in [0.2, 0.25) is 0 Å². The van der Waals surface area contributed by atoms with Gasteiger partial charge in [-0.15, -0.1) is 0 Å².